The van der Waals surface area contributed by atoms with Crippen LogP contribution in [0.3, 0.4) is 0 Å². The maximum Gasteiger partial charge on any atom is 0.314 e. The Hall–Kier alpha value is 0.0306. The van der Waals surface area contributed by atoms with Gasteiger partial charge in [0.25, 0.3) is 0 Å². The molecule has 0 bridgehead atoms. The summed E-state index contributed by atoms with van der Waals surface area (Å²) in [6, 6.07) is 0.811. The Balaban J connectivity index is 4.98. The Kier molecular flexibility index (Phi) is 11.0. The third-order valence-corrected chi connectivity index (χ3v) is 12.5. The summed E-state index contributed by atoms with van der Waals surface area (Å²) < 4.78 is 24.5. The van der Waals surface area contributed by atoms with Crippen molar-refractivity contribution in [2.75, 3.05) is 6.61 Å². The van der Waals surface area contributed by atoms with E-state index in [1.807, 2.05) is 6.08 Å². The normalized spacial score (nSPS) is 16.2. The molecule has 5 nitrogen and oxygen atoms in total. The van der Waals surface area contributed by atoms with Gasteiger partial charge in [-0.15, -0.1) is 0 Å². The fraction of sp³-hybridized carbons (Fsp3) is 0.882. The molecule has 2 atom stereocenters. The maximum absolute atomic E-state index is 9.48. The van der Waals surface area contributed by atoms with Gasteiger partial charge in [-0.1, -0.05) is 6.92 Å². The second-order valence-corrected chi connectivity index (χ2v) is 21.5. The Bertz CT molecular complexity index is 373. The molecule has 0 aliphatic rings. The van der Waals surface area contributed by atoms with Gasteiger partial charge < -0.3 is 22.8 Å². The number of rotatable bonds is 13. The highest BCUT2D eigenvalue weighted by molar-refractivity contribution is 6.87. The van der Waals surface area contributed by atoms with E-state index in [2.05, 4.69) is 52.8 Å². The highest BCUT2D eigenvalue weighted by Gasteiger charge is 2.40. The lowest BCUT2D eigenvalue weighted by atomic mass is 10.4. The molecule has 150 valence electrons. The van der Waals surface area contributed by atoms with Crippen LogP contribution in [0.4, 0.5) is 0 Å². The topological polar surface area (TPSA) is 57.2 Å². The average Bonchev–Trinajstić information content (AvgIpc) is 2.36. The molecule has 0 aromatic rings. The van der Waals surface area contributed by atoms with Crippen LogP contribution in [0.25, 0.3) is 0 Å². The zero-order valence-electron chi connectivity index (χ0n) is 17.7. The summed E-state index contributed by atoms with van der Waals surface area (Å²) in [5, 5.41) is 9.48. The van der Waals surface area contributed by atoms with Crippen molar-refractivity contribution in [2.24, 2.45) is 0 Å². The van der Waals surface area contributed by atoms with E-state index in [0.717, 1.165) is 12.5 Å². The van der Waals surface area contributed by atoms with Crippen LogP contribution in [0.5, 0.6) is 0 Å². The predicted octanol–water partition coefficient (Wildman–Crippen LogP) is 4.82. The monoisotopic (exact) mass is 408 g/mol. The van der Waals surface area contributed by atoms with E-state index in [-0.39, 0.29) is 12.9 Å². The lowest BCUT2D eigenvalue weighted by Gasteiger charge is -2.39. The summed E-state index contributed by atoms with van der Waals surface area (Å²) >= 11 is 0. The number of hydrogen-bond donors (Lipinski definition) is 1. The Labute approximate surface area is 158 Å². The smallest absolute Gasteiger partial charge is 0.314 e. The molecule has 0 saturated carbocycles. The van der Waals surface area contributed by atoms with E-state index in [1.54, 1.807) is 13.2 Å². The molecular weight excluding hydrogens is 368 g/mol. The molecule has 0 saturated heterocycles. The standard InChI is InChI=1S/C17H40O5Si3/c1-10-11-13-19-17(20-15-16(2)18)12-14-25(9,21-23(3,4)5)22-24(6,7)8/h11,13,16-18H,10,12,14-15H2,1-9H3. The Morgan fingerprint density at radius 3 is 1.88 bits per heavy atom. The highest BCUT2D eigenvalue weighted by atomic mass is 28.5. The molecule has 0 aliphatic carbocycles. The van der Waals surface area contributed by atoms with Gasteiger partial charge in [0.2, 0.25) is 0 Å². The molecular formula is C17H40O5Si3. The van der Waals surface area contributed by atoms with Crippen molar-refractivity contribution in [2.45, 2.75) is 91.0 Å². The van der Waals surface area contributed by atoms with Crippen LogP contribution in [0.1, 0.15) is 26.7 Å². The molecule has 0 aliphatic heterocycles. The third kappa shape index (κ3) is 14.8. The molecule has 0 aromatic heterocycles. The molecule has 0 heterocycles. The summed E-state index contributed by atoms with van der Waals surface area (Å²) in [4.78, 5) is 0. The lowest BCUT2D eigenvalue weighted by molar-refractivity contribution is -0.126. The number of hydrogen-bond acceptors (Lipinski definition) is 5. The first-order chi connectivity index (χ1) is 11.3. The number of aliphatic hydroxyl groups is 1. The van der Waals surface area contributed by atoms with E-state index in [0.29, 0.717) is 6.42 Å². The lowest BCUT2D eigenvalue weighted by Crippen LogP contribution is -2.52. The van der Waals surface area contributed by atoms with Crippen LogP contribution in [-0.2, 0) is 17.7 Å². The third-order valence-electron chi connectivity index (χ3n) is 2.96. The number of allylic oxidation sites excluding steroid dienone is 1. The number of ether oxygens (including phenoxy) is 2. The molecule has 25 heavy (non-hydrogen) atoms. The molecule has 0 rings (SSSR count). The molecule has 0 spiro atoms. The maximum atomic E-state index is 9.48. The van der Waals surface area contributed by atoms with Crippen LogP contribution in [0.2, 0.25) is 51.9 Å². The van der Waals surface area contributed by atoms with Crippen LogP contribution < -0.4 is 0 Å². The van der Waals surface area contributed by atoms with Crippen LogP contribution >= 0.6 is 0 Å². The second-order valence-electron chi connectivity index (χ2n) is 8.63. The number of aliphatic hydroxyl groups excluding tert-OH is 1. The minimum absolute atomic E-state index is 0.257. The van der Waals surface area contributed by atoms with Gasteiger partial charge >= 0.3 is 8.56 Å². The summed E-state index contributed by atoms with van der Waals surface area (Å²) in [7, 11) is -5.73. The molecule has 0 fully saturated rings. The minimum atomic E-state index is -2.31. The van der Waals surface area contributed by atoms with Gasteiger partial charge in [-0.3, -0.25) is 0 Å². The molecule has 0 amide bonds. The van der Waals surface area contributed by atoms with E-state index in [1.165, 1.54) is 0 Å². The zero-order chi connectivity index (χ0) is 19.7. The minimum Gasteiger partial charge on any atom is -0.473 e. The summed E-state index contributed by atoms with van der Waals surface area (Å²) in [6.07, 6.45) is 4.34. The first-order valence-electron chi connectivity index (χ1n) is 9.27. The average molecular weight is 409 g/mol. The Morgan fingerprint density at radius 2 is 1.48 bits per heavy atom. The summed E-state index contributed by atoms with van der Waals surface area (Å²) in [5.41, 5.74) is 0. The van der Waals surface area contributed by atoms with Crippen LogP contribution in [0.15, 0.2) is 12.3 Å². The van der Waals surface area contributed by atoms with Gasteiger partial charge in [0.05, 0.1) is 19.0 Å². The SMILES string of the molecule is CCC=COC(CC[Si](C)(O[Si](C)(C)C)O[Si](C)(C)C)OCC(C)O. The van der Waals surface area contributed by atoms with Gasteiger partial charge in [0, 0.05) is 6.42 Å². The molecule has 8 heteroatoms. The quantitative estimate of drug-likeness (QED) is 0.269. The van der Waals surface area contributed by atoms with Crippen molar-refractivity contribution in [3.05, 3.63) is 12.3 Å². The largest absolute Gasteiger partial charge is 0.473 e. The van der Waals surface area contributed by atoms with E-state index < -0.39 is 31.3 Å². The van der Waals surface area contributed by atoms with Crippen LogP contribution in [0, 0.1) is 0 Å². The van der Waals surface area contributed by atoms with Crippen molar-refractivity contribution in [1.82, 2.24) is 0 Å². The van der Waals surface area contributed by atoms with Crippen molar-refractivity contribution in [1.29, 1.82) is 0 Å². The fourth-order valence-corrected chi connectivity index (χ4v) is 15.0. The zero-order valence-corrected chi connectivity index (χ0v) is 20.7. The summed E-state index contributed by atoms with van der Waals surface area (Å²) in [6.45, 7) is 19.4. The van der Waals surface area contributed by atoms with E-state index >= 15 is 0 Å². The van der Waals surface area contributed by atoms with Crippen molar-refractivity contribution >= 4 is 25.2 Å². The van der Waals surface area contributed by atoms with Crippen molar-refractivity contribution < 1.29 is 22.8 Å². The van der Waals surface area contributed by atoms with Gasteiger partial charge in [-0.2, -0.15) is 0 Å². The van der Waals surface area contributed by atoms with Crippen molar-refractivity contribution in [3.8, 4) is 0 Å². The molecule has 0 aromatic carbocycles. The second kappa shape index (κ2) is 11.0. The van der Waals surface area contributed by atoms with E-state index in [9.17, 15) is 5.11 Å². The highest BCUT2D eigenvalue weighted by Crippen LogP contribution is 2.26. The van der Waals surface area contributed by atoms with Gasteiger partial charge in [-0.05, 0) is 71.3 Å². The Morgan fingerprint density at radius 1 is 0.960 bits per heavy atom. The van der Waals surface area contributed by atoms with Gasteiger partial charge in [0.1, 0.15) is 0 Å². The molecule has 0 radical (unpaired) electrons. The first kappa shape index (κ1) is 25.0. The van der Waals surface area contributed by atoms with Gasteiger partial charge in [0.15, 0.2) is 22.9 Å². The molecule has 2 unspecified atom stereocenters. The van der Waals surface area contributed by atoms with Crippen LogP contribution in [-0.4, -0.2) is 49.3 Å². The fourth-order valence-electron chi connectivity index (χ4n) is 2.47. The van der Waals surface area contributed by atoms with E-state index in [4.69, 9.17) is 17.7 Å². The summed E-state index contributed by atoms with van der Waals surface area (Å²) in [5.74, 6) is 0. The van der Waals surface area contributed by atoms with Gasteiger partial charge in [-0.25, -0.2) is 0 Å². The van der Waals surface area contributed by atoms with Crippen molar-refractivity contribution in [3.63, 3.8) is 0 Å². The first-order valence-corrected chi connectivity index (χ1v) is 18.6. The molecule has 1 N–H and O–H groups in total. The predicted molar refractivity (Wildman–Crippen MR) is 112 cm³/mol.